The van der Waals surface area contributed by atoms with Crippen molar-refractivity contribution in [1.82, 2.24) is 0 Å². The molecule has 0 aliphatic carbocycles. The molecule has 1 aromatic carbocycles. The van der Waals surface area contributed by atoms with Crippen LogP contribution in [-0.2, 0) is 14.3 Å². The summed E-state index contributed by atoms with van der Waals surface area (Å²) in [6, 6.07) is 3.02. The second-order valence-electron chi connectivity index (χ2n) is 3.09. The summed E-state index contributed by atoms with van der Waals surface area (Å²) in [4.78, 5) is 11.5. The summed E-state index contributed by atoms with van der Waals surface area (Å²) in [6.45, 7) is 0. The monoisotopic (exact) mass is 239 g/mol. The number of carbonyl (C=O) groups is 1. The predicted octanol–water partition coefficient (Wildman–Crippen LogP) is 2.26. The van der Waals surface area contributed by atoms with Crippen molar-refractivity contribution in [2.24, 2.45) is 0 Å². The normalized spacial score (nSPS) is 13.4. The molecule has 1 amide bonds. The second kappa shape index (κ2) is 4.65. The van der Waals surface area contributed by atoms with Gasteiger partial charge in [-0.3, -0.25) is 4.79 Å². The van der Waals surface area contributed by atoms with Crippen molar-refractivity contribution in [2.45, 2.75) is 0 Å². The zero-order chi connectivity index (χ0) is 12.3. The van der Waals surface area contributed by atoms with E-state index >= 15 is 0 Å². The highest BCUT2D eigenvalue weighted by Crippen LogP contribution is 2.15. The third-order valence-electron chi connectivity index (χ3n) is 1.91. The van der Waals surface area contributed by atoms with Crippen LogP contribution in [0, 0.1) is 11.6 Å². The van der Waals surface area contributed by atoms with Gasteiger partial charge in [-0.1, -0.05) is 0 Å². The molecule has 17 heavy (non-hydrogen) atoms. The Morgan fingerprint density at radius 1 is 1.18 bits per heavy atom. The van der Waals surface area contributed by atoms with E-state index in [0.717, 1.165) is 18.4 Å². The SMILES string of the molecule is O=C(Nc1ccc(F)c(F)c1)C1=COC=CO1. The van der Waals surface area contributed by atoms with E-state index in [-0.39, 0.29) is 11.4 Å². The lowest BCUT2D eigenvalue weighted by Gasteiger charge is -2.10. The number of rotatable bonds is 2. The number of benzene rings is 1. The Morgan fingerprint density at radius 3 is 2.65 bits per heavy atom. The van der Waals surface area contributed by atoms with E-state index in [1.54, 1.807) is 0 Å². The van der Waals surface area contributed by atoms with Crippen LogP contribution in [0.25, 0.3) is 0 Å². The van der Waals surface area contributed by atoms with Gasteiger partial charge >= 0.3 is 0 Å². The second-order valence-corrected chi connectivity index (χ2v) is 3.09. The van der Waals surface area contributed by atoms with Crippen LogP contribution in [0.15, 0.2) is 42.7 Å². The molecule has 4 nitrogen and oxygen atoms in total. The molecule has 0 atom stereocenters. The van der Waals surface area contributed by atoms with E-state index in [2.05, 4.69) is 5.32 Å². The summed E-state index contributed by atoms with van der Waals surface area (Å²) in [7, 11) is 0. The van der Waals surface area contributed by atoms with Crippen molar-refractivity contribution in [3.05, 3.63) is 54.4 Å². The number of nitrogens with one attached hydrogen (secondary N) is 1. The fraction of sp³-hybridized carbons (Fsp3) is 0. The zero-order valence-corrected chi connectivity index (χ0v) is 8.44. The summed E-state index contributed by atoms with van der Waals surface area (Å²) in [6.07, 6.45) is 3.52. The Morgan fingerprint density at radius 2 is 2.00 bits per heavy atom. The van der Waals surface area contributed by atoms with Gasteiger partial charge in [0, 0.05) is 11.8 Å². The van der Waals surface area contributed by atoms with Crippen LogP contribution in [0.3, 0.4) is 0 Å². The fourth-order valence-corrected chi connectivity index (χ4v) is 1.14. The lowest BCUT2D eigenvalue weighted by atomic mass is 10.3. The smallest absolute Gasteiger partial charge is 0.294 e. The third kappa shape index (κ3) is 2.60. The highest BCUT2D eigenvalue weighted by Gasteiger charge is 2.14. The Labute approximate surface area is 95.1 Å². The van der Waals surface area contributed by atoms with Crippen LogP contribution < -0.4 is 5.32 Å². The van der Waals surface area contributed by atoms with Gasteiger partial charge in [0.25, 0.3) is 5.91 Å². The molecule has 0 saturated heterocycles. The van der Waals surface area contributed by atoms with Crippen molar-refractivity contribution in [1.29, 1.82) is 0 Å². The molecule has 0 radical (unpaired) electrons. The van der Waals surface area contributed by atoms with Gasteiger partial charge in [0.1, 0.15) is 18.8 Å². The Balaban J connectivity index is 2.07. The van der Waals surface area contributed by atoms with Crippen LogP contribution in [0.4, 0.5) is 14.5 Å². The van der Waals surface area contributed by atoms with Crippen molar-refractivity contribution in [3.8, 4) is 0 Å². The van der Waals surface area contributed by atoms with Crippen LogP contribution in [0.5, 0.6) is 0 Å². The van der Waals surface area contributed by atoms with Crippen molar-refractivity contribution < 1.29 is 23.0 Å². The zero-order valence-electron chi connectivity index (χ0n) is 8.44. The Kier molecular flexibility index (Phi) is 3.04. The standard InChI is InChI=1S/C11H7F2NO3/c12-8-2-1-7(5-9(8)13)14-11(15)10-6-16-3-4-17-10/h1-6H,(H,14,15). The van der Waals surface area contributed by atoms with Crippen LogP contribution in [0.2, 0.25) is 0 Å². The average Bonchev–Trinajstić information content (AvgIpc) is 2.35. The number of ether oxygens (including phenoxy) is 2. The van der Waals surface area contributed by atoms with Gasteiger partial charge < -0.3 is 14.8 Å². The molecule has 0 unspecified atom stereocenters. The molecule has 1 aromatic rings. The summed E-state index contributed by atoms with van der Waals surface area (Å²) < 4.78 is 35.1. The number of halogens is 2. The summed E-state index contributed by atoms with van der Waals surface area (Å²) in [5, 5.41) is 2.33. The lowest BCUT2D eigenvalue weighted by molar-refractivity contribution is -0.115. The van der Waals surface area contributed by atoms with Gasteiger partial charge in [0.2, 0.25) is 5.76 Å². The molecule has 0 spiro atoms. The Bertz CT molecular complexity index is 511. The topological polar surface area (TPSA) is 47.6 Å². The van der Waals surface area contributed by atoms with Gasteiger partial charge in [0.05, 0.1) is 0 Å². The first kappa shape index (κ1) is 11.1. The predicted molar refractivity (Wildman–Crippen MR) is 54.4 cm³/mol. The minimum Gasteiger partial charge on any atom is -0.465 e. The maximum Gasteiger partial charge on any atom is 0.294 e. The van der Waals surface area contributed by atoms with Crippen LogP contribution in [0.1, 0.15) is 0 Å². The lowest BCUT2D eigenvalue weighted by Crippen LogP contribution is -2.16. The van der Waals surface area contributed by atoms with Gasteiger partial charge in [-0.2, -0.15) is 0 Å². The fourth-order valence-electron chi connectivity index (χ4n) is 1.14. The minimum atomic E-state index is -1.04. The Hall–Kier alpha value is -2.37. The molecular weight excluding hydrogens is 232 g/mol. The number of carbonyl (C=O) groups excluding carboxylic acids is 1. The third-order valence-corrected chi connectivity index (χ3v) is 1.91. The largest absolute Gasteiger partial charge is 0.465 e. The molecule has 88 valence electrons. The first-order chi connectivity index (χ1) is 8.16. The molecule has 0 aromatic heterocycles. The maximum absolute atomic E-state index is 12.9. The van der Waals surface area contributed by atoms with E-state index in [1.165, 1.54) is 18.6 Å². The van der Waals surface area contributed by atoms with E-state index in [4.69, 9.17) is 9.47 Å². The highest BCUT2D eigenvalue weighted by molar-refractivity contribution is 6.02. The maximum atomic E-state index is 12.9. The minimum absolute atomic E-state index is 0.0859. The van der Waals surface area contributed by atoms with Crippen molar-refractivity contribution >= 4 is 11.6 Å². The van der Waals surface area contributed by atoms with E-state index in [1.807, 2.05) is 0 Å². The quantitative estimate of drug-likeness (QED) is 0.861. The molecule has 0 fully saturated rings. The summed E-state index contributed by atoms with van der Waals surface area (Å²) >= 11 is 0. The molecule has 1 heterocycles. The summed E-state index contributed by atoms with van der Waals surface area (Å²) in [5.41, 5.74) is 0.118. The van der Waals surface area contributed by atoms with Crippen LogP contribution >= 0.6 is 0 Å². The number of amides is 1. The van der Waals surface area contributed by atoms with Gasteiger partial charge in [0.15, 0.2) is 11.6 Å². The van der Waals surface area contributed by atoms with Gasteiger partial charge in [-0.15, -0.1) is 0 Å². The van der Waals surface area contributed by atoms with E-state index in [9.17, 15) is 13.6 Å². The summed E-state index contributed by atoms with van der Waals surface area (Å²) in [5.74, 6) is -2.74. The number of anilines is 1. The molecule has 2 rings (SSSR count). The van der Waals surface area contributed by atoms with Crippen LogP contribution in [-0.4, -0.2) is 5.91 Å². The number of hydrogen-bond acceptors (Lipinski definition) is 3. The molecule has 1 aliphatic heterocycles. The molecule has 6 heteroatoms. The van der Waals surface area contributed by atoms with E-state index < -0.39 is 17.5 Å². The highest BCUT2D eigenvalue weighted by atomic mass is 19.2. The van der Waals surface area contributed by atoms with Gasteiger partial charge in [-0.25, -0.2) is 8.78 Å². The van der Waals surface area contributed by atoms with Crippen molar-refractivity contribution in [3.63, 3.8) is 0 Å². The average molecular weight is 239 g/mol. The van der Waals surface area contributed by atoms with Gasteiger partial charge in [-0.05, 0) is 12.1 Å². The molecule has 1 aliphatic rings. The van der Waals surface area contributed by atoms with E-state index in [0.29, 0.717) is 0 Å². The first-order valence-electron chi connectivity index (χ1n) is 4.60. The number of hydrogen-bond donors (Lipinski definition) is 1. The molecule has 1 N–H and O–H groups in total. The molecule has 0 saturated carbocycles. The first-order valence-corrected chi connectivity index (χ1v) is 4.60. The van der Waals surface area contributed by atoms with Crippen molar-refractivity contribution in [2.75, 3.05) is 5.32 Å². The molecule has 0 bridgehead atoms. The molecular formula is C11H7F2NO3.